The number of sulfonamides is 1. The molecular weight excluding hydrogens is 504 g/mol. The Labute approximate surface area is 203 Å². The SMILES string of the molecule is CC(C)(C)c1ccc(OCC(=O)Nc2ccc(S(=O)(=O)NCc3ccccc3)cc2)c(Br)c1. The summed E-state index contributed by atoms with van der Waals surface area (Å²) < 4.78 is 34.0. The van der Waals surface area contributed by atoms with E-state index in [-0.39, 0.29) is 29.4 Å². The molecule has 0 aliphatic rings. The number of halogens is 1. The number of anilines is 1. The molecule has 0 saturated carbocycles. The Kier molecular flexibility index (Phi) is 7.94. The van der Waals surface area contributed by atoms with Crippen LogP contribution in [0.25, 0.3) is 0 Å². The zero-order chi connectivity index (χ0) is 24.1. The second-order valence-electron chi connectivity index (χ2n) is 8.57. The van der Waals surface area contributed by atoms with Gasteiger partial charge in [-0.15, -0.1) is 0 Å². The number of carbonyl (C=O) groups excluding carboxylic acids is 1. The van der Waals surface area contributed by atoms with Gasteiger partial charge in [-0.25, -0.2) is 13.1 Å². The molecule has 174 valence electrons. The van der Waals surface area contributed by atoms with Crippen LogP contribution in [0.3, 0.4) is 0 Å². The molecule has 3 aromatic carbocycles. The third-order valence-electron chi connectivity index (χ3n) is 4.91. The first-order valence-electron chi connectivity index (χ1n) is 10.4. The number of rotatable bonds is 8. The maximum absolute atomic E-state index is 12.5. The van der Waals surface area contributed by atoms with Gasteiger partial charge in [0.1, 0.15) is 5.75 Å². The van der Waals surface area contributed by atoms with E-state index >= 15 is 0 Å². The molecule has 0 unspecified atom stereocenters. The molecule has 0 heterocycles. The fraction of sp³-hybridized carbons (Fsp3) is 0.240. The highest BCUT2D eigenvalue weighted by Crippen LogP contribution is 2.31. The van der Waals surface area contributed by atoms with Gasteiger partial charge in [-0.2, -0.15) is 0 Å². The first-order chi connectivity index (χ1) is 15.5. The lowest BCUT2D eigenvalue weighted by molar-refractivity contribution is -0.118. The molecule has 6 nitrogen and oxygen atoms in total. The predicted octanol–water partition coefficient (Wildman–Crippen LogP) is 5.24. The van der Waals surface area contributed by atoms with Crippen LogP contribution < -0.4 is 14.8 Å². The molecule has 0 spiro atoms. The van der Waals surface area contributed by atoms with Crippen molar-refractivity contribution in [2.45, 2.75) is 37.6 Å². The summed E-state index contributed by atoms with van der Waals surface area (Å²) >= 11 is 3.49. The van der Waals surface area contributed by atoms with Crippen LogP contribution in [0.5, 0.6) is 5.75 Å². The van der Waals surface area contributed by atoms with Gasteiger partial charge in [0.2, 0.25) is 10.0 Å². The highest BCUT2D eigenvalue weighted by molar-refractivity contribution is 9.10. The second kappa shape index (κ2) is 10.5. The molecule has 0 bridgehead atoms. The van der Waals surface area contributed by atoms with E-state index in [0.717, 1.165) is 15.6 Å². The molecule has 3 aromatic rings. The summed E-state index contributed by atoms with van der Waals surface area (Å²) in [6.07, 6.45) is 0. The van der Waals surface area contributed by atoms with Gasteiger partial charge >= 0.3 is 0 Å². The van der Waals surface area contributed by atoms with Gasteiger partial charge in [0.25, 0.3) is 5.91 Å². The van der Waals surface area contributed by atoms with Gasteiger partial charge in [-0.05, 0) is 68.9 Å². The minimum absolute atomic E-state index is 0.00906. The lowest BCUT2D eigenvalue weighted by Crippen LogP contribution is -2.23. The third kappa shape index (κ3) is 7.15. The number of hydrogen-bond donors (Lipinski definition) is 2. The summed E-state index contributed by atoms with van der Waals surface area (Å²) in [7, 11) is -3.66. The van der Waals surface area contributed by atoms with Crippen LogP contribution in [0.2, 0.25) is 0 Å². The van der Waals surface area contributed by atoms with Crippen molar-refractivity contribution in [1.29, 1.82) is 0 Å². The Morgan fingerprint density at radius 3 is 2.24 bits per heavy atom. The summed E-state index contributed by atoms with van der Waals surface area (Å²) in [5.41, 5.74) is 2.51. The van der Waals surface area contributed by atoms with Crippen LogP contribution in [-0.2, 0) is 26.8 Å². The molecule has 0 atom stereocenters. The minimum Gasteiger partial charge on any atom is -0.483 e. The van der Waals surface area contributed by atoms with Gasteiger partial charge < -0.3 is 10.1 Å². The first-order valence-corrected chi connectivity index (χ1v) is 12.7. The van der Waals surface area contributed by atoms with Crippen molar-refractivity contribution in [2.75, 3.05) is 11.9 Å². The molecule has 0 saturated heterocycles. The van der Waals surface area contributed by atoms with E-state index in [9.17, 15) is 13.2 Å². The van der Waals surface area contributed by atoms with Crippen molar-refractivity contribution >= 4 is 37.5 Å². The van der Waals surface area contributed by atoms with E-state index in [4.69, 9.17) is 4.74 Å². The van der Waals surface area contributed by atoms with Crippen LogP contribution in [0, 0.1) is 0 Å². The van der Waals surface area contributed by atoms with E-state index in [2.05, 4.69) is 46.7 Å². The third-order valence-corrected chi connectivity index (χ3v) is 6.95. The quantitative estimate of drug-likeness (QED) is 0.416. The number of carbonyl (C=O) groups is 1. The smallest absolute Gasteiger partial charge is 0.262 e. The predicted molar refractivity (Wildman–Crippen MR) is 134 cm³/mol. The fourth-order valence-corrected chi connectivity index (χ4v) is 4.51. The van der Waals surface area contributed by atoms with Crippen molar-refractivity contribution in [2.24, 2.45) is 0 Å². The second-order valence-corrected chi connectivity index (χ2v) is 11.2. The van der Waals surface area contributed by atoms with E-state index in [1.807, 2.05) is 48.5 Å². The van der Waals surface area contributed by atoms with E-state index in [1.54, 1.807) is 12.1 Å². The zero-order valence-electron chi connectivity index (χ0n) is 18.8. The van der Waals surface area contributed by atoms with Gasteiger partial charge in [0.05, 0.1) is 9.37 Å². The number of hydrogen-bond acceptors (Lipinski definition) is 4. The Morgan fingerprint density at radius 2 is 1.64 bits per heavy atom. The van der Waals surface area contributed by atoms with E-state index in [1.165, 1.54) is 12.1 Å². The summed E-state index contributed by atoms with van der Waals surface area (Å²) in [6, 6.07) is 21.1. The molecule has 3 rings (SSSR count). The highest BCUT2D eigenvalue weighted by Gasteiger charge is 2.16. The van der Waals surface area contributed by atoms with Gasteiger partial charge in [-0.3, -0.25) is 4.79 Å². The number of ether oxygens (including phenoxy) is 1. The molecule has 0 aliphatic carbocycles. The van der Waals surface area contributed by atoms with Crippen molar-refractivity contribution in [3.8, 4) is 5.75 Å². The number of amides is 1. The lowest BCUT2D eigenvalue weighted by Gasteiger charge is -2.20. The molecule has 0 aromatic heterocycles. The molecular formula is C25H27BrN2O4S. The van der Waals surface area contributed by atoms with Crippen LogP contribution in [0.15, 0.2) is 82.2 Å². The van der Waals surface area contributed by atoms with Crippen molar-refractivity contribution in [3.05, 3.63) is 88.4 Å². The molecule has 8 heteroatoms. The summed E-state index contributed by atoms with van der Waals surface area (Å²) in [5.74, 6) is 0.226. The average molecular weight is 531 g/mol. The molecule has 1 amide bonds. The van der Waals surface area contributed by atoms with Crippen molar-refractivity contribution in [3.63, 3.8) is 0 Å². The topological polar surface area (TPSA) is 84.5 Å². The number of nitrogens with one attached hydrogen (secondary N) is 2. The Hall–Kier alpha value is -2.68. The van der Waals surface area contributed by atoms with E-state index in [0.29, 0.717) is 11.4 Å². The van der Waals surface area contributed by atoms with Crippen LogP contribution in [-0.4, -0.2) is 20.9 Å². The maximum atomic E-state index is 12.5. The maximum Gasteiger partial charge on any atom is 0.262 e. The first kappa shape index (κ1) is 25.0. The fourth-order valence-electron chi connectivity index (χ4n) is 3.00. The van der Waals surface area contributed by atoms with Crippen LogP contribution >= 0.6 is 15.9 Å². The largest absolute Gasteiger partial charge is 0.483 e. The molecule has 0 fully saturated rings. The van der Waals surface area contributed by atoms with Gasteiger partial charge in [-0.1, -0.05) is 57.2 Å². The number of benzene rings is 3. The monoisotopic (exact) mass is 530 g/mol. The highest BCUT2D eigenvalue weighted by atomic mass is 79.9. The molecule has 0 radical (unpaired) electrons. The molecule has 33 heavy (non-hydrogen) atoms. The van der Waals surface area contributed by atoms with Crippen molar-refractivity contribution in [1.82, 2.24) is 4.72 Å². The summed E-state index contributed by atoms with van der Waals surface area (Å²) in [4.78, 5) is 12.4. The van der Waals surface area contributed by atoms with Crippen LogP contribution in [0.4, 0.5) is 5.69 Å². The van der Waals surface area contributed by atoms with Gasteiger partial charge in [0.15, 0.2) is 6.61 Å². The van der Waals surface area contributed by atoms with Gasteiger partial charge in [0, 0.05) is 12.2 Å². The Balaban J connectivity index is 1.54. The standard InChI is InChI=1S/C25H27BrN2O4S/c1-25(2,3)19-9-14-23(22(26)15-19)32-17-24(29)28-20-10-12-21(13-11-20)33(30,31)27-16-18-7-5-4-6-8-18/h4-15,27H,16-17H2,1-3H3,(H,28,29). The Morgan fingerprint density at radius 1 is 0.970 bits per heavy atom. The minimum atomic E-state index is -3.66. The zero-order valence-corrected chi connectivity index (χ0v) is 21.2. The average Bonchev–Trinajstić information content (AvgIpc) is 2.77. The van der Waals surface area contributed by atoms with E-state index < -0.39 is 10.0 Å². The Bertz CT molecular complexity index is 1210. The summed E-state index contributed by atoms with van der Waals surface area (Å²) in [6.45, 7) is 6.40. The molecule has 0 aliphatic heterocycles. The normalized spacial score (nSPS) is 11.8. The van der Waals surface area contributed by atoms with Crippen LogP contribution in [0.1, 0.15) is 31.9 Å². The summed E-state index contributed by atoms with van der Waals surface area (Å²) in [5, 5.41) is 2.71. The van der Waals surface area contributed by atoms with Crippen molar-refractivity contribution < 1.29 is 17.9 Å². The lowest BCUT2D eigenvalue weighted by atomic mass is 9.87. The molecule has 2 N–H and O–H groups in total.